The Bertz CT molecular complexity index is 538. The van der Waals surface area contributed by atoms with Crippen LogP contribution in [-0.4, -0.2) is 32.1 Å². The molecule has 0 unspecified atom stereocenters. The molecule has 0 aliphatic carbocycles. The van der Waals surface area contributed by atoms with Crippen molar-refractivity contribution in [1.82, 2.24) is 19.9 Å². The van der Waals surface area contributed by atoms with Gasteiger partial charge in [-0.1, -0.05) is 0 Å². The number of thioether (sulfide) groups is 1. The van der Waals surface area contributed by atoms with E-state index in [1.165, 1.54) is 0 Å². The van der Waals surface area contributed by atoms with Crippen molar-refractivity contribution in [3.63, 3.8) is 0 Å². The van der Waals surface area contributed by atoms with Crippen molar-refractivity contribution in [2.75, 3.05) is 12.8 Å². The lowest BCUT2D eigenvalue weighted by atomic mass is 10.2. The molecule has 2 aromatic heterocycles. The van der Waals surface area contributed by atoms with Gasteiger partial charge in [0.1, 0.15) is 0 Å². The Hall–Kier alpha value is -0.590. The van der Waals surface area contributed by atoms with E-state index in [1.807, 2.05) is 24.2 Å². The molecule has 2 aromatic rings. The van der Waals surface area contributed by atoms with Gasteiger partial charge in [0.05, 0.1) is 10.7 Å². The first-order chi connectivity index (χ1) is 8.52. The molecule has 0 amide bonds. The van der Waals surface area contributed by atoms with E-state index in [-0.39, 0.29) is 4.75 Å². The average Bonchev–Trinajstić information content (AvgIpc) is 2.71. The van der Waals surface area contributed by atoms with Crippen LogP contribution in [0.5, 0.6) is 0 Å². The Morgan fingerprint density at radius 1 is 1.44 bits per heavy atom. The van der Waals surface area contributed by atoms with Gasteiger partial charge in [0.2, 0.25) is 0 Å². The van der Waals surface area contributed by atoms with E-state index in [0.717, 1.165) is 28.8 Å². The Balaban J connectivity index is 2.04. The van der Waals surface area contributed by atoms with Crippen LogP contribution in [0.25, 0.3) is 5.65 Å². The molecule has 0 bridgehead atoms. The van der Waals surface area contributed by atoms with Crippen molar-refractivity contribution < 1.29 is 0 Å². The maximum absolute atomic E-state index is 4.38. The van der Waals surface area contributed by atoms with Crippen molar-refractivity contribution in [2.24, 2.45) is 0 Å². The highest BCUT2D eigenvalue weighted by Gasteiger charge is 2.15. The maximum atomic E-state index is 4.38. The summed E-state index contributed by atoms with van der Waals surface area (Å²) in [7, 11) is 0. The largest absolute Gasteiger partial charge is 0.311 e. The lowest BCUT2D eigenvalue weighted by Crippen LogP contribution is -2.31. The molecule has 0 saturated carbocycles. The van der Waals surface area contributed by atoms with Crippen LogP contribution in [0, 0.1) is 0 Å². The molecular weight excluding hydrogens is 312 g/mol. The quantitative estimate of drug-likeness (QED) is 0.916. The van der Waals surface area contributed by atoms with Gasteiger partial charge in [0.15, 0.2) is 5.65 Å². The number of halogens is 1. The Labute approximate surface area is 120 Å². The van der Waals surface area contributed by atoms with E-state index in [0.29, 0.717) is 0 Å². The van der Waals surface area contributed by atoms with Gasteiger partial charge in [0.25, 0.3) is 0 Å². The fourth-order valence-electron chi connectivity index (χ4n) is 1.60. The third kappa shape index (κ3) is 3.24. The number of hydrogen-bond acceptors (Lipinski definition) is 4. The molecule has 0 atom stereocenters. The average molecular weight is 329 g/mol. The maximum Gasteiger partial charge on any atom is 0.159 e. The molecule has 1 N–H and O–H groups in total. The molecule has 0 aromatic carbocycles. The van der Waals surface area contributed by atoms with Crippen LogP contribution in [0.15, 0.2) is 23.1 Å². The minimum Gasteiger partial charge on any atom is -0.311 e. The normalized spacial score (nSPS) is 12.2. The summed E-state index contributed by atoms with van der Waals surface area (Å²) in [5.41, 5.74) is 2.03. The lowest BCUT2D eigenvalue weighted by Gasteiger charge is -2.22. The molecule has 0 spiro atoms. The van der Waals surface area contributed by atoms with Gasteiger partial charge in [-0.3, -0.25) is 0 Å². The summed E-state index contributed by atoms with van der Waals surface area (Å²) in [5.74, 6) is 0. The summed E-state index contributed by atoms with van der Waals surface area (Å²) >= 11 is 5.25. The van der Waals surface area contributed by atoms with E-state index in [1.54, 1.807) is 10.7 Å². The minimum atomic E-state index is 0.249. The van der Waals surface area contributed by atoms with Crippen LogP contribution in [0.3, 0.4) is 0 Å². The molecule has 0 radical (unpaired) electrons. The zero-order valence-electron chi connectivity index (χ0n) is 10.8. The zero-order chi connectivity index (χ0) is 13.2. The number of rotatable bonds is 5. The second-order valence-corrected chi connectivity index (χ2v) is 7.21. The van der Waals surface area contributed by atoms with Crippen LogP contribution in [0.1, 0.15) is 19.4 Å². The van der Waals surface area contributed by atoms with Crippen LogP contribution < -0.4 is 5.32 Å². The summed E-state index contributed by atoms with van der Waals surface area (Å²) in [6.45, 7) is 6.22. The highest BCUT2D eigenvalue weighted by atomic mass is 79.9. The molecular formula is C12H17BrN4S. The smallest absolute Gasteiger partial charge is 0.159 e. The summed E-state index contributed by atoms with van der Waals surface area (Å²) in [6, 6.07) is 0. The summed E-state index contributed by atoms with van der Waals surface area (Å²) in [5, 5.41) is 7.75. The van der Waals surface area contributed by atoms with Crippen molar-refractivity contribution in [1.29, 1.82) is 0 Å². The number of fused-ring (bicyclic) bond motifs is 1. The third-order valence-electron chi connectivity index (χ3n) is 2.82. The van der Waals surface area contributed by atoms with Crippen LogP contribution in [-0.2, 0) is 6.54 Å². The first-order valence-electron chi connectivity index (χ1n) is 5.75. The van der Waals surface area contributed by atoms with Gasteiger partial charge in [0, 0.05) is 35.8 Å². The van der Waals surface area contributed by atoms with Gasteiger partial charge < -0.3 is 5.32 Å². The van der Waals surface area contributed by atoms with Crippen molar-refractivity contribution in [3.8, 4) is 0 Å². The Kier molecular flexibility index (Phi) is 4.29. The van der Waals surface area contributed by atoms with E-state index in [2.05, 4.69) is 51.4 Å². The third-order valence-corrected chi connectivity index (χ3v) is 4.48. The second-order valence-electron chi connectivity index (χ2n) is 4.78. The fourth-order valence-corrected chi connectivity index (χ4v) is 2.14. The highest BCUT2D eigenvalue weighted by Crippen LogP contribution is 2.20. The topological polar surface area (TPSA) is 42.2 Å². The SMILES string of the molecule is CSC(C)(C)CNCc1cnn2cc(Br)cnc12. The monoisotopic (exact) mass is 328 g/mol. The molecule has 0 aliphatic rings. The molecule has 6 heteroatoms. The first-order valence-corrected chi connectivity index (χ1v) is 7.77. The number of hydrogen-bond donors (Lipinski definition) is 1. The minimum absolute atomic E-state index is 0.249. The molecule has 4 nitrogen and oxygen atoms in total. The summed E-state index contributed by atoms with van der Waals surface area (Å²) in [6.07, 6.45) is 7.72. The molecule has 18 heavy (non-hydrogen) atoms. The van der Waals surface area contributed by atoms with Gasteiger partial charge >= 0.3 is 0 Å². The van der Waals surface area contributed by atoms with Crippen molar-refractivity contribution >= 4 is 33.3 Å². The van der Waals surface area contributed by atoms with Gasteiger partial charge in [-0.25, -0.2) is 9.50 Å². The van der Waals surface area contributed by atoms with Crippen LogP contribution in [0.2, 0.25) is 0 Å². The summed E-state index contributed by atoms with van der Waals surface area (Å²) in [4.78, 5) is 4.38. The van der Waals surface area contributed by atoms with E-state index < -0.39 is 0 Å². The molecule has 0 aliphatic heterocycles. The van der Waals surface area contributed by atoms with E-state index >= 15 is 0 Å². The van der Waals surface area contributed by atoms with Gasteiger partial charge in [-0.15, -0.1) is 0 Å². The zero-order valence-corrected chi connectivity index (χ0v) is 13.2. The number of nitrogens with zero attached hydrogens (tertiary/aromatic N) is 3. The number of nitrogens with one attached hydrogen (secondary N) is 1. The lowest BCUT2D eigenvalue weighted by molar-refractivity contribution is 0.592. The summed E-state index contributed by atoms with van der Waals surface area (Å²) < 4.78 is 2.97. The standard InChI is InChI=1S/C12H17BrN4S/c1-12(2,18-3)8-14-4-9-5-16-17-7-10(13)6-15-11(9)17/h5-7,14H,4,8H2,1-3H3. The molecule has 2 rings (SSSR count). The first kappa shape index (κ1) is 13.8. The Morgan fingerprint density at radius 2 is 2.22 bits per heavy atom. The second kappa shape index (κ2) is 5.59. The predicted molar refractivity (Wildman–Crippen MR) is 80.0 cm³/mol. The molecule has 0 fully saturated rings. The van der Waals surface area contributed by atoms with Crippen LogP contribution >= 0.6 is 27.7 Å². The highest BCUT2D eigenvalue weighted by molar-refractivity contribution is 9.10. The van der Waals surface area contributed by atoms with E-state index in [4.69, 9.17) is 0 Å². The van der Waals surface area contributed by atoms with Gasteiger partial charge in [-0.05, 0) is 36.0 Å². The Morgan fingerprint density at radius 3 is 2.94 bits per heavy atom. The molecule has 2 heterocycles. The fraction of sp³-hybridized carbons (Fsp3) is 0.500. The predicted octanol–water partition coefficient (Wildman–Crippen LogP) is 2.72. The van der Waals surface area contributed by atoms with Crippen molar-refractivity contribution in [2.45, 2.75) is 25.1 Å². The van der Waals surface area contributed by atoms with Crippen LogP contribution in [0.4, 0.5) is 0 Å². The molecule has 0 saturated heterocycles. The number of aromatic nitrogens is 3. The van der Waals surface area contributed by atoms with E-state index in [9.17, 15) is 0 Å². The van der Waals surface area contributed by atoms with Gasteiger partial charge in [-0.2, -0.15) is 16.9 Å². The molecule has 98 valence electrons. The van der Waals surface area contributed by atoms with Crippen molar-refractivity contribution in [3.05, 3.63) is 28.6 Å².